The molecule has 4 heteroatoms. The van der Waals surface area contributed by atoms with Gasteiger partial charge >= 0.3 is 0 Å². The third-order valence-electron chi connectivity index (χ3n) is 5.46. The van der Waals surface area contributed by atoms with Gasteiger partial charge in [0.2, 0.25) is 5.91 Å². The number of benzene rings is 1. The van der Waals surface area contributed by atoms with Crippen LogP contribution in [0.1, 0.15) is 44.6 Å². The molecule has 0 aromatic heterocycles. The minimum Gasteiger partial charge on any atom is -0.326 e. The lowest BCUT2D eigenvalue weighted by Gasteiger charge is -2.30. The first kappa shape index (κ1) is 17.4. The highest BCUT2D eigenvalue weighted by Gasteiger charge is 2.16. The second-order valence-corrected chi connectivity index (χ2v) is 7.60. The van der Waals surface area contributed by atoms with E-state index in [2.05, 4.69) is 34.6 Å². The summed E-state index contributed by atoms with van der Waals surface area (Å²) in [5.41, 5.74) is 2.25. The van der Waals surface area contributed by atoms with Gasteiger partial charge < -0.3 is 10.6 Å². The Balaban J connectivity index is 1.41. The average Bonchev–Trinajstić information content (AvgIpc) is 3.10. The van der Waals surface area contributed by atoms with E-state index < -0.39 is 0 Å². The lowest BCUT2D eigenvalue weighted by atomic mass is 9.99. The summed E-state index contributed by atoms with van der Waals surface area (Å²) in [6.45, 7) is 7.94. The molecule has 2 heterocycles. The summed E-state index contributed by atoms with van der Waals surface area (Å²) in [5, 5.41) is 6.38. The highest BCUT2D eigenvalue weighted by atomic mass is 16.1. The SMILES string of the molecule is CC1CCN(Cc2ccc(NC(=O)CCC3CCNC3)cc2)CC1. The van der Waals surface area contributed by atoms with Crippen molar-refractivity contribution in [3.8, 4) is 0 Å². The number of piperidine rings is 1. The predicted molar refractivity (Wildman–Crippen MR) is 99.0 cm³/mol. The third-order valence-corrected chi connectivity index (χ3v) is 5.46. The largest absolute Gasteiger partial charge is 0.326 e. The summed E-state index contributed by atoms with van der Waals surface area (Å²) in [6, 6.07) is 8.37. The molecule has 0 bridgehead atoms. The van der Waals surface area contributed by atoms with Crippen LogP contribution in [0.25, 0.3) is 0 Å². The second-order valence-electron chi connectivity index (χ2n) is 7.60. The molecule has 1 aromatic carbocycles. The first-order chi connectivity index (χ1) is 11.7. The van der Waals surface area contributed by atoms with Crippen molar-refractivity contribution in [3.63, 3.8) is 0 Å². The smallest absolute Gasteiger partial charge is 0.224 e. The fourth-order valence-corrected chi connectivity index (χ4v) is 3.69. The van der Waals surface area contributed by atoms with Gasteiger partial charge in [-0.05, 0) is 81.4 Å². The Kier molecular flexibility index (Phi) is 6.27. The van der Waals surface area contributed by atoms with Gasteiger partial charge in [0.05, 0.1) is 0 Å². The van der Waals surface area contributed by atoms with Gasteiger partial charge in [0.25, 0.3) is 0 Å². The molecule has 0 saturated carbocycles. The summed E-state index contributed by atoms with van der Waals surface area (Å²) in [5.74, 6) is 1.68. The standard InChI is InChI=1S/C20H31N3O/c1-16-9-12-23(13-10-16)15-18-2-5-19(6-3-18)22-20(24)7-4-17-8-11-21-14-17/h2-3,5-6,16-17,21H,4,7-15H2,1H3,(H,22,24). The number of rotatable bonds is 6. The quantitative estimate of drug-likeness (QED) is 0.842. The fourth-order valence-electron chi connectivity index (χ4n) is 3.69. The summed E-state index contributed by atoms with van der Waals surface area (Å²) >= 11 is 0. The van der Waals surface area contributed by atoms with Gasteiger partial charge in [0.1, 0.15) is 0 Å². The zero-order chi connectivity index (χ0) is 16.8. The van der Waals surface area contributed by atoms with Crippen molar-refractivity contribution in [3.05, 3.63) is 29.8 Å². The molecule has 1 aromatic rings. The monoisotopic (exact) mass is 329 g/mol. The molecule has 1 unspecified atom stereocenters. The van der Waals surface area contributed by atoms with Gasteiger partial charge in [-0.2, -0.15) is 0 Å². The second kappa shape index (κ2) is 8.63. The molecule has 1 atom stereocenters. The zero-order valence-corrected chi connectivity index (χ0v) is 14.9. The van der Waals surface area contributed by atoms with Gasteiger partial charge in [0.15, 0.2) is 0 Å². The number of carbonyl (C=O) groups is 1. The molecule has 2 aliphatic heterocycles. The van der Waals surface area contributed by atoms with Crippen LogP contribution < -0.4 is 10.6 Å². The zero-order valence-electron chi connectivity index (χ0n) is 14.9. The van der Waals surface area contributed by atoms with Crippen LogP contribution in [0, 0.1) is 11.8 Å². The number of carbonyl (C=O) groups excluding carboxylic acids is 1. The van der Waals surface area contributed by atoms with Gasteiger partial charge in [-0.1, -0.05) is 19.1 Å². The molecule has 4 nitrogen and oxygen atoms in total. The van der Waals surface area contributed by atoms with Crippen LogP contribution in [0.2, 0.25) is 0 Å². The van der Waals surface area contributed by atoms with Crippen molar-refractivity contribution in [1.82, 2.24) is 10.2 Å². The number of hydrogen-bond acceptors (Lipinski definition) is 3. The number of amides is 1. The van der Waals surface area contributed by atoms with E-state index in [1.54, 1.807) is 0 Å². The Hall–Kier alpha value is -1.39. The first-order valence-electron chi connectivity index (χ1n) is 9.51. The predicted octanol–water partition coefficient (Wildman–Crippen LogP) is 3.25. The van der Waals surface area contributed by atoms with Crippen LogP contribution >= 0.6 is 0 Å². The molecule has 132 valence electrons. The van der Waals surface area contributed by atoms with Crippen LogP contribution in [0.4, 0.5) is 5.69 Å². The normalized spacial score (nSPS) is 22.6. The molecule has 0 spiro atoms. The maximum Gasteiger partial charge on any atom is 0.224 e. The van der Waals surface area contributed by atoms with E-state index in [9.17, 15) is 4.79 Å². The van der Waals surface area contributed by atoms with Gasteiger partial charge in [-0.25, -0.2) is 0 Å². The van der Waals surface area contributed by atoms with Gasteiger partial charge in [-0.3, -0.25) is 9.69 Å². The van der Waals surface area contributed by atoms with Crippen LogP contribution in [-0.4, -0.2) is 37.0 Å². The maximum atomic E-state index is 12.1. The van der Waals surface area contributed by atoms with Crippen molar-refractivity contribution in [2.24, 2.45) is 11.8 Å². The van der Waals surface area contributed by atoms with E-state index >= 15 is 0 Å². The van der Waals surface area contributed by atoms with Crippen LogP contribution in [0.5, 0.6) is 0 Å². The van der Waals surface area contributed by atoms with E-state index in [-0.39, 0.29) is 5.91 Å². The van der Waals surface area contributed by atoms with Crippen molar-refractivity contribution < 1.29 is 4.79 Å². The van der Waals surface area contributed by atoms with Gasteiger partial charge in [0, 0.05) is 18.7 Å². The fraction of sp³-hybridized carbons (Fsp3) is 0.650. The summed E-state index contributed by atoms with van der Waals surface area (Å²) < 4.78 is 0. The Morgan fingerprint density at radius 3 is 2.62 bits per heavy atom. The molecule has 3 rings (SSSR count). The summed E-state index contributed by atoms with van der Waals surface area (Å²) in [6.07, 6.45) is 5.44. The Labute approximate surface area is 146 Å². The molecule has 24 heavy (non-hydrogen) atoms. The first-order valence-corrected chi connectivity index (χ1v) is 9.51. The van der Waals surface area contributed by atoms with Crippen LogP contribution in [-0.2, 0) is 11.3 Å². The van der Waals surface area contributed by atoms with Crippen molar-refractivity contribution in [2.75, 3.05) is 31.5 Å². The molecule has 1 amide bonds. The van der Waals surface area contributed by atoms with Crippen LogP contribution in [0.15, 0.2) is 24.3 Å². The molecule has 2 N–H and O–H groups in total. The highest BCUT2D eigenvalue weighted by molar-refractivity contribution is 5.90. The van der Waals surface area contributed by atoms with Crippen molar-refractivity contribution in [1.29, 1.82) is 0 Å². The number of likely N-dealkylation sites (tertiary alicyclic amines) is 1. The van der Waals surface area contributed by atoms with E-state index in [1.165, 1.54) is 37.9 Å². The Morgan fingerprint density at radius 1 is 1.21 bits per heavy atom. The molecule has 2 aliphatic rings. The van der Waals surface area contributed by atoms with Gasteiger partial charge in [-0.15, -0.1) is 0 Å². The minimum absolute atomic E-state index is 0.139. The van der Waals surface area contributed by atoms with E-state index in [0.717, 1.165) is 37.7 Å². The lowest BCUT2D eigenvalue weighted by molar-refractivity contribution is -0.116. The molecule has 0 radical (unpaired) electrons. The Morgan fingerprint density at radius 2 is 1.96 bits per heavy atom. The van der Waals surface area contributed by atoms with Crippen molar-refractivity contribution >= 4 is 11.6 Å². The minimum atomic E-state index is 0.139. The third kappa shape index (κ3) is 5.32. The topological polar surface area (TPSA) is 44.4 Å². The summed E-state index contributed by atoms with van der Waals surface area (Å²) in [7, 11) is 0. The Bertz CT molecular complexity index is 514. The molecule has 0 aliphatic carbocycles. The molecule has 2 fully saturated rings. The lowest BCUT2D eigenvalue weighted by Crippen LogP contribution is -2.32. The molecular weight excluding hydrogens is 298 g/mol. The highest BCUT2D eigenvalue weighted by Crippen LogP contribution is 2.19. The van der Waals surface area contributed by atoms with E-state index in [4.69, 9.17) is 0 Å². The summed E-state index contributed by atoms with van der Waals surface area (Å²) in [4.78, 5) is 14.6. The molecular formula is C20H31N3O. The number of hydrogen-bond donors (Lipinski definition) is 2. The number of anilines is 1. The maximum absolute atomic E-state index is 12.1. The van der Waals surface area contributed by atoms with E-state index in [0.29, 0.717) is 12.3 Å². The number of nitrogens with zero attached hydrogens (tertiary/aromatic N) is 1. The van der Waals surface area contributed by atoms with E-state index in [1.807, 2.05) is 12.1 Å². The van der Waals surface area contributed by atoms with Crippen LogP contribution in [0.3, 0.4) is 0 Å². The number of nitrogens with one attached hydrogen (secondary N) is 2. The molecule has 2 saturated heterocycles. The van der Waals surface area contributed by atoms with Crippen molar-refractivity contribution in [2.45, 2.75) is 45.6 Å². The average molecular weight is 329 g/mol.